The van der Waals surface area contributed by atoms with Crippen LogP contribution in [0.2, 0.25) is 0 Å². The number of hydrogen-bond donors (Lipinski definition) is 3. The average molecular weight is 170 g/mol. The van der Waals surface area contributed by atoms with E-state index >= 15 is 0 Å². The summed E-state index contributed by atoms with van der Waals surface area (Å²) in [5.41, 5.74) is 6.08. The minimum atomic E-state index is -0.0156. The van der Waals surface area contributed by atoms with E-state index in [1.807, 2.05) is 0 Å². The third-order valence-corrected chi connectivity index (χ3v) is 1.42. The number of nitrogens with two attached hydrogens (primary N) is 1. The monoisotopic (exact) mass is 170 g/mol. The number of ether oxygens (including phenoxy) is 1. The van der Waals surface area contributed by atoms with E-state index in [0.717, 1.165) is 0 Å². The van der Waals surface area contributed by atoms with E-state index in [1.54, 1.807) is 0 Å². The fourth-order valence-electron chi connectivity index (χ4n) is 0.859. The van der Waals surface area contributed by atoms with Crippen LogP contribution in [0.4, 0.5) is 11.4 Å². The molecule has 0 aliphatic heterocycles. The summed E-state index contributed by atoms with van der Waals surface area (Å²) < 4.78 is 4.85. The maximum atomic E-state index is 8.69. The number of anilines is 2. The van der Waals surface area contributed by atoms with Crippen molar-refractivity contribution < 1.29 is 15.2 Å². The van der Waals surface area contributed by atoms with Crippen LogP contribution in [0, 0.1) is 0 Å². The van der Waals surface area contributed by atoms with E-state index in [4.69, 9.17) is 20.9 Å². The maximum Gasteiger partial charge on any atom is 0.149 e. The Labute approximate surface area is 69.5 Å². The summed E-state index contributed by atoms with van der Waals surface area (Å²) in [4.78, 5) is 0. The second kappa shape index (κ2) is 3.29. The van der Waals surface area contributed by atoms with Gasteiger partial charge in [0.25, 0.3) is 0 Å². The molecule has 0 bridgehead atoms. The number of hydrogen-bond acceptors (Lipinski definition) is 5. The lowest BCUT2D eigenvalue weighted by Gasteiger charge is -2.12. The number of rotatable bonds is 2. The summed E-state index contributed by atoms with van der Waals surface area (Å²) in [6, 6.07) is 4.47. The molecule has 0 aliphatic rings. The van der Waals surface area contributed by atoms with Crippen molar-refractivity contribution in [2.24, 2.45) is 0 Å². The van der Waals surface area contributed by atoms with Crippen LogP contribution in [0.3, 0.4) is 0 Å². The largest absolute Gasteiger partial charge is 0.494 e. The Morgan fingerprint density at radius 2 is 2.08 bits per heavy atom. The van der Waals surface area contributed by atoms with Gasteiger partial charge in [0.05, 0.1) is 7.11 Å². The van der Waals surface area contributed by atoms with Gasteiger partial charge in [-0.3, -0.25) is 10.4 Å². The van der Waals surface area contributed by atoms with Gasteiger partial charge in [0.1, 0.15) is 11.4 Å². The van der Waals surface area contributed by atoms with Gasteiger partial charge in [-0.1, -0.05) is 0 Å². The van der Waals surface area contributed by atoms with Gasteiger partial charge in [-0.2, -0.15) is 0 Å². The van der Waals surface area contributed by atoms with Gasteiger partial charge in [-0.15, -0.1) is 5.23 Å². The average Bonchev–Trinajstić information content (AvgIpc) is 2.03. The molecular formula is C7H10N2O3. The Balaban J connectivity index is 3.11. The Kier molecular flexibility index (Phi) is 2.37. The van der Waals surface area contributed by atoms with Crippen LogP contribution in [-0.2, 0) is 0 Å². The quantitative estimate of drug-likeness (QED) is 0.453. The Morgan fingerprint density at radius 1 is 1.42 bits per heavy atom. The summed E-state index contributed by atoms with van der Waals surface area (Å²) in [6.45, 7) is 0. The van der Waals surface area contributed by atoms with E-state index in [2.05, 4.69) is 0 Å². The number of nitrogen functional groups attached to an aromatic ring is 1. The molecule has 0 saturated carbocycles. The minimum absolute atomic E-state index is 0.0156. The summed E-state index contributed by atoms with van der Waals surface area (Å²) in [6.07, 6.45) is 0. The van der Waals surface area contributed by atoms with Crippen molar-refractivity contribution in [3.63, 3.8) is 0 Å². The van der Waals surface area contributed by atoms with Crippen molar-refractivity contribution >= 4 is 11.4 Å². The fourth-order valence-corrected chi connectivity index (χ4v) is 0.859. The molecule has 66 valence electrons. The van der Waals surface area contributed by atoms with Crippen molar-refractivity contribution in [1.29, 1.82) is 0 Å². The highest BCUT2D eigenvalue weighted by Gasteiger charge is 2.07. The van der Waals surface area contributed by atoms with Gasteiger partial charge in [-0.25, -0.2) is 0 Å². The molecule has 12 heavy (non-hydrogen) atoms. The van der Waals surface area contributed by atoms with Crippen molar-refractivity contribution in [2.45, 2.75) is 0 Å². The maximum absolute atomic E-state index is 8.69. The summed E-state index contributed by atoms with van der Waals surface area (Å²) in [5.74, 6) is 0.306. The topological polar surface area (TPSA) is 79.0 Å². The first-order valence-electron chi connectivity index (χ1n) is 3.26. The number of benzene rings is 1. The standard InChI is InChI=1S/C7H10N2O3/c1-12-7-4-5(8)2-3-6(7)9(10)11/h2-4,10-11H,8H2,1H3. The molecule has 5 heteroatoms. The van der Waals surface area contributed by atoms with Crippen LogP contribution < -0.4 is 15.7 Å². The van der Waals surface area contributed by atoms with Crippen molar-refractivity contribution in [1.82, 2.24) is 0 Å². The van der Waals surface area contributed by atoms with Crippen LogP contribution in [0.15, 0.2) is 18.2 Å². The van der Waals surface area contributed by atoms with Gasteiger partial charge in [0.2, 0.25) is 0 Å². The molecule has 1 aromatic carbocycles. The third-order valence-electron chi connectivity index (χ3n) is 1.42. The lowest BCUT2D eigenvalue weighted by atomic mass is 10.2. The molecule has 0 spiro atoms. The van der Waals surface area contributed by atoms with Crippen LogP contribution in [-0.4, -0.2) is 17.5 Å². The highest BCUT2D eigenvalue weighted by Crippen LogP contribution is 2.28. The van der Waals surface area contributed by atoms with Crippen LogP contribution in [0.5, 0.6) is 5.75 Å². The lowest BCUT2D eigenvalue weighted by Crippen LogP contribution is -2.12. The number of nitrogens with zero attached hydrogens (tertiary/aromatic N) is 1. The smallest absolute Gasteiger partial charge is 0.149 e. The first-order valence-corrected chi connectivity index (χ1v) is 3.26. The minimum Gasteiger partial charge on any atom is -0.494 e. The van der Waals surface area contributed by atoms with Crippen LogP contribution in [0.1, 0.15) is 0 Å². The molecule has 0 amide bonds. The van der Waals surface area contributed by atoms with Gasteiger partial charge >= 0.3 is 0 Å². The van der Waals surface area contributed by atoms with Gasteiger partial charge in [-0.05, 0) is 12.1 Å². The van der Waals surface area contributed by atoms with Crippen molar-refractivity contribution in [2.75, 3.05) is 18.1 Å². The molecule has 5 nitrogen and oxygen atoms in total. The van der Waals surface area contributed by atoms with Crippen molar-refractivity contribution in [3.8, 4) is 5.75 Å². The molecule has 0 fully saturated rings. The molecule has 0 unspecified atom stereocenters. The second-order valence-electron chi connectivity index (χ2n) is 2.22. The van der Waals surface area contributed by atoms with Gasteiger partial charge in [0.15, 0.2) is 0 Å². The van der Waals surface area contributed by atoms with Crippen LogP contribution >= 0.6 is 0 Å². The Bertz CT molecular complexity index is 275. The van der Waals surface area contributed by atoms with E-state index in [1.165, 1.54) is 25.3 Å². The SMILES string of the molecule is COc1cc(N)ccc1N(O)O. The number of methoxy groups -OCH3 is 1. The summed E-state index contributed by atoms with van der Waals surface area (Å²) in [5, 5.41) is 17.4. The molecule has 1 rings (SSSR count). The van der Waals surface area contributed by atoms with E-state index in [-0.39, 0.29) is 10.9 Å². The molecule has 0 radical (unpaired) electrons. The summed E-state index contributed by atoms with van der Waals surface area (Å²) >= 11 is 0. The first-order chi connectivity index (χ1) is 5.65. The van der Waals surface area contributed by atoms with Gasteiger partial charge < -0.3 is 10.5 Å². The Morgan fingerprint density at radius 3 is 2.58 bits per heavy atom. The fraction of sp³-hybridized carbons (Fsp3) is 0.143. The normalized spacial score (nSPS) is 9.58. The molecule has 0 atom stereocenters. The zero-order valence-corrected chi connectivity index (χ0v) is 6.56. The van der Waals surface area contributed by atoms with Crippen LogP contribution in [0.25, 0.3) is 0 Å². The van der Waals surface area contributed by atoms with E-state index in [0.29, 0.717) is 11.4 Å². The predicted octanol–water partition coefficient (Wildman–Crippen LogP) is 0.862. The molecule has 4 N–H and O–H groups in total. The molecule has 0 aliphatic carbocycles. The molecular weight excluding hydrogens is 160 g/mol. The second-order valence-corrected chi connectivity index (χ2v) is 2.22. The van der Waals surface area contributed by atoms with Crippen molar-refractivity contribution in [3.05, 3.63) is 18.2 Å². The lowest BCUT2D eigenvalue weighted by molar-refractivity contribution is 0.0279. The third kappa shape index (κ3) is 1.58. The van der Waals surface area contributed by atoms with E-state index < -0.39 is 0 Å². The van der Waals surface area contributed by atoms with Gasteiger partial charge in [0, 0.05) is 11.8 Å². The molecule has 0 saturated heterocycles. The molecule has 0 heterocycles. The zero-order chi connectivity index (χ0) is 9.14. The summed E-state index contributed by atoms with van der Waals surface area (Å²) in [7, 11) is 1.42. The molecule has 1 aromatic rings. The zero-order valence-electron chi connectivity index (χ0n) is 6.56. The first kappa shape index (κ1) is 8.63. The highest BCUT2D eigenvalue weighted by atomic mass is 16.8. The van der Waals surface area contributed by atoms with E-state index in [9.17, 15) is 0 Å². The highest BCUT2D eigenvalue weighted by molar-refractivity contribution is 5.61. The predicted molar refractivity (Wildman–Crippen MR) is 43.5 cm³/mol. The molecule has 0 aromatic heterocycles. The Hall–Kier alpha value is -1.46.